The van der Waals surface area contributed by atoms with Crippen molar-refractivity contribution >= 4 is 40.6 Å². The molecule has 0 saturated carbocycles. The molecule has 1 fully saturated rings. The van der Waals surface area contributed by atoms with Gasteiger partial charge in [-0.3, -0.25) is 9.69 Å². The summed E-state index contributed by atoms with van der Waals surface area (Å²) >= 11 is 9.25. The normalized spacial score (nSPS) is 17.4. The number of thiophene rings is 1. The van der Waals surface area contributed by atoms with E-state index in [0.29, 0.717) is 17.6 Å². The minimum Gasteiger partial charge on any atom is -0.353 e. The molecule has 134 valence electrons. The molecule has 1 N–H and O–H groups in total. The van der Waals surface area contributed by atoms with Crippen LogP contribution in [0.4, 0.5) is 0 Å². The second-order valence-corrected chi connectivity index (χ2v) is 9.06. The molecular formula is C19H23ClN2OS2. The molecule has 2 atom stereocenters. The van der Waals surface area contributed by atoms with E-state index in [2.05, 4.69) is 27.7 Å². The highest BCUT2D eigenvalue weighted by Gasteiger charge is 2.25. The quantitative estimate of drug-likeness (QED) is 0.682. The zero-order valence-corrected chi connectivity index (χ0v) is 16.7. The van der Waals surface area contributed by atoms with Crippen LogP contribution in [0.1, 0.15) is 30.7 Å². The van der Waals surface area contributed by atoms with E-state index in [9.17, 15) is 4.79 Å². The van der Waals surface area contributed by atoms with Crippen LogP contribution in [0.3, 0.4) is 0 Å². The topological polar surface area (TPSA) is 32.3 Å². The van der Waals surface area contributed by atoms with Gasteiger partial charge in [-0.2, -0.15) is 0 Å². The SMILES string of the molecule is CC(Sc1ccc(Cl)cc1)C(=O)NCC(c1cccs1)N1CCCC1. The van der Waals surface area contributed by atoms with Gasteiger partial charge in [-0.25, -0.2) is 0 Å². The second-order valence-electron chi connectivity index (χ2n) is 6.23. The Kier molecular flexibility index (Phi) is 6.82. The number of nitrogens with zero attached hydrogens (tertiary/aromatic N) is 1. The van der Waals surface area contributed by atoms with E-state index in [1.54, 1.807) is 23.1 Å². The third-order valence-corrected chi connectivity index (χ3v) is 6.76. The number of amides is 1. The number of likely N-dealkylation sites (tertiary alicyclic amines) is 1. The summed E-state index contributed by atoms with van der Waals surface area (Å²) in [6.45, 7) is 4.86. The fourth-order valence-electron chi connectivity index (χ4n) is 3.06. The molecule has 3 nitrogen and oxygen atoms in total. The number of halogens is 1. The van der Waals surface area contributed by atoms with Crippen LogP contribution in [0.15, 0.2) is 46.7 Å². The van der Waals surface area contributed by atoms with Crippen molar-refractivity contribution < 1.29 is 4.79 Å². The molecule has 0 radical (unpaired) electrons. The molecule has 1 amide bonds. The lowest BCUT2D eigenvalue weighted by Gasteiger charge is -2.27. The van der Waals surface area contributed by atoms with Crippen LogP contribution in [0, 0.1) is 0 Å². The molecule has 0 spiro atoms. The van der Waals surface area contributed by atoms with E-state index >= 15 is 0 Å². The molecule has 1 aromatic carbocycles. The number of benzene rings is 1. The van der Waals surface area contributed by atoms with E-state index < -0.39 is 0 Å². The molecular weight excluding hydrogens is 372 g/mol. The molecule has 1 aliphatic heterocycles. The van der Waals surface area contributed by atoms with Crippen molar-refractivity contribution in [2.45, 2.75) is 36.0 Å². The average Bonchev–Trinajstić information content (AvgIpc) is 3.31. The van der Waals surface area contributed by atoms with Crippen molar-refractivity contribution in [1.29, 1.82) is 0 Å². The van der Waals surface area contributed by atoms with Crippen LogP contribution in [0.25, 0.3) is 0 Å². The van der Waals surface area contributed by atoms with Crippen molar-refractivity contribution in [2.75, 3.05) is 19.6 Å². The lowest BCUT2D eigenvalue weighted by Crippen LogP contribution is -2.39. The van der Waals surface area contributed by atoms with E-state index in [4.69, 9.17) is 11.6 Å². The number of hydrogen-bond donors (Lipinski definition) is 1. The molecule has 0 aliphatic carbocycles. The number of hydrogen-bond acceptors (Lipinski definition) is 4. The maximum Gasteiger partial charge on any atom is 0.233 e. The number of carbonyl (C=O) groups is 1. The van der Waals surface area contributed by atoms with Gasteiger partial charge in [-0.1, -0.05) is 17.7 Å². The maximum atomic E-state index is 12.5. The Labute approximate surface area is 162 Å². The van der Waals surface area contributed by atoms with Crippen molar-refractivity contribution in [3.8, 4) is 0 Å². The summed E-state index contributed by atoms with van der Waals surface area (Å²) in [6, 6.07) is 12.2. The second kappa shape index (κ2) is 9.08. The zero-order chi connectivity index (χ0) is 17.6. The van der Waals surface area contributed by atoms with E-state index in [-0.39, 0.29) is 11.2 Å². The highest BCUT2D eigenvalue weighted by atomic mass is 35.5. The van der Waals surface area contributed by atoms with Crippen molar-refractivity contribution in [3.05, 3.63) is 51.7 Å². The van der Waals surface area contributed by atoms with Crippen LogP contribution < -0.4 is 5.32 Å². The first-order valence-corrected chi connectivity index (χ1v) is 10.7. The summed E-state index contributed by atoms with van der Waals surface area (Å²) in [5, 5.41) is 5.85. The van der Waals surface area contributed by atoms with Crippen LogP contribution in [0.2, 0.25) is 5.02 Å². The predicted octanol–water partition coefficient (Wildman–Crippen LogP) is 4.84. The first kappa shape index (κ1) is 18.8. The molecule has 2 aromatic rings. The molecule has 6 heteroatoms. The van der Waals surface area contributed by atoms with Gasteiger partial charge in [0.25, 0.3) is 0 Å². The first-order chi connectivity index (χ1) is 12.1. The van der Waals surface area contributed by atoms with Gasteiger partial charge in [-0.05, 0) is 68.6 Å². The highest BCUT2D eigenvalue weighted by Crippen LogP contribution is 2.28. The van der Waals surface area contributed by atoms with E-state index in [1.165, 1.54) is 17.7 Å². The Bertz CT molecular complexity index is 669. The highest BCUT2D eigenvalue weighted by molar-refractivity contribution is 8.00. The smallest absolute Gasteiger partial charge is 0.233 e. The number of rotatable bonds is 7. The Morgan fingerprint density at radius 3 is 2.64 bits per heavy atom. The van der Waals surface area contributed by atoms with E-state index in [0.717, 1.165) is 18.0 Å². The monoisotopic (exact) mass is 394 g/mol. The Hall–Kier alpha value is -1.01. The summed E-state index contributed by atoms with van der Waals surface area (Å²) in [7, 11) is 0. The Morgan fingerprint density at radius 1 is 1.28 bits per heavy atom. The van der Waals surface area contributed by atoms with Gasteiger partial charge in [0, 0.05) is 21.3 Å². The minimum atomic E-state index is -0.135. The maximum absolute atomic E-state index is 12.5. The summed E-state index contributed by atoms with van der Waals surface area (Å²) < 4.78 is 0. The summed E-state index contributed by atoms with van der Waals surface area (Å²) in [5.41, 5.74) is 0. The molecule has 1 aliphatic rings. The fourth-order valence-corrected chi connectivity index (χ4v) is 4.93. The fraction of sp³-hybridized carbons (Fsp3) is 0.421. The molecule has 0 bridgehead atoms. The van der Waals surface area contributed by atoms with Crippen molar-refractivity contribution in [1.82, 2.24) is 10.2 Å². The zero-order valence-electron chi connectivity index (χ0n) is 14.3. The van der Waals surface area contributed by atoms with Crippen LogP contribution in [0.5, 0.6) is 0 Å². The van der Waals surface area contributed by atoms with Gasteiger partial charge < -0.3 is 5.32 Å². The van der Waals surface area contributed by atoms with Gasteiger partial charge in [-0.15, -0.1) is 23.1 Å². The molecule has 25 heavy (non-hydrogen) atoms. The number of thioether (sulfide) groups is 1. The molecule has 2 unspecified atom stereocenters. The molecule has 1 saturated heterocycles. The summed E-state index contributed by atoms with van der Waals surface area (Å²) in [4.78, 5) is 17.4. The minimum absolute atomic E-state index is 0.0840. The van der Waals surface area contributed by atoms with E-state index in [1.807, 2.05) is 31.2 Å². The van der Waals surface area contributed by atoms with Crippen LogP contribution in [-0.4, -0.2) is 35.7 Å². The third kappa shape index (κ3) is 5.23. The Morgan fingerprint density at radius 2 is 2.00 bits per heavy atom. The molecule has 1 aromatic heterocycles. The molecule has 2 heterocycles. The van der Waals surface area contributed by atoms with Gasteiger partial charge in [0.05, 0.1) is 11.3 Å². The van der Waals surface area contributed by atoms with Gasteiger partial charge in [0.2, 0.25) is 5.91 Å². The van der Waals surface area contributed by atoms with Gasteiger partial charge >= 0.3 is 0 Å². The average molecular weight is 395 g/mol. The standard InChI is InChI=1S/C19H23ClN2OS2/c1-14(25-16-8-6-15(20)7-9-16)19(23)21-13-17(18-5-4-12-24-18)22-10-2-3-11-22/h4-9,12,14,17H,2-3,10-11,13H2,1H3,(H,21,23). The lowest BCUT2D eigenvalue weighted by atomic mass is 10.2. The van der Waals surface area contributed by atoms with Crippen LogP contribution in [-0.2, 0) is 4.79 Å². The number of carbonyl (C=O) groups excluding carboxylic acids is 1. The lowest BCUT2D eigenvalue weighted by molar-refractivity contribution is -0.120. The largest absolute Gasteiger partial charge is 0.353 e. The third-order valence-electron chi connectivity index (χ3n) is 4.42. The van der Waals surface area contributed by atoms with Crippen molar-refractivity contribution in [3.63, 3.8) is 0 Å². The van der Waals surface area contributed by atoms with Gasteiger partial charge in [0.1, 0.15) is 0 Å². The van der Waals surface area contributed by atoms with Gasteiger partial charge in [0.15, 0.2) is 0 Å². The van der Waals surface area contributed by atoms with Crippen molar-refractivity contribution in [2.24, 2.45) is 0 Å². The summed E-state index contributed by atoms with van der Waals surface area (Å²) in [6.07, 6.45) is 2.50. The first-order valence-electron chi connectivity index (χ1n) is 8.61. The number of nitrogens with one attached hydrogen (secondary N) is 1. The summed E-state index contributed by atoms with van der Waals surface area (Å²) in [5.74, 6) is 0.0840. The predicted molar refractivity (Wildman–Crippen MR) is 108 cm³/mol. The molecule has 3 rings (SSSR count). The van der Waals surface area contributed by atoms with Crippen LogP contribution >= 0.6 is 34.7 Å². The Balaban J connectivity index is 1.56.